The molecule has 2 heterocycles. The summed E-state index contributed by atoms with van der Waals surface area (Å²) in [6, 6.07) is 0.604. The maximum atomic E-state index is 3.91. The second kappa shape index (κ2) is 4.28. The SMILES string of the molecule is c1n[nH]cc1NC1CCCNCC1. The Balaban J connectivity index is 1.86. The molecule has 1 unspecified atom stereocenters. The van der Waals surface area contributed by atoms with Gasteiger partial charge in [-0.3, -0.25) is 5.10 Å². The predicted molar refractivity (Wildman–Crippen MR) is 52.7 cm³/mol. The summed E-state index contributed by atoms with van der Waals surface area (Å²) in [5.74, 6) is 0. The molecule has 2 rings (SSSR count). The minimum atomic E-state index is 0.604. The number of aromatic amines is 1. The third-order valence-electron chi connectivity index (χ3n) is 2.44. The number of rotatable bonds is 2. The molecular weight excluding hydrogens is 164 g/mol. The first-order chi connectivity index (χ1) is 6.45. The van der Waals surface area contributed by atoms with Gasteiger partial charge in [-0.25, -0.2) is 0 Å². The van der Waals surface area contributed by atoms with Gasteiger partial charge in [-0.05, 0) is 32.4 Å². The maximum Gasteiger partial charge on any atom is 0.0725 e. The smallest absolute Gasteiger partial charge is 0.0725 e. The van der Waals surface area contributed by atoms with E-state index in [0.29, 0.717) is 6.04 Å². The van der Waals surface area contributed by atoms with E-state index in [1.807, 2.05) is 12.4 Å². The third-order valence-corrected chi connectivity index (χ3v) is 2.44. The van der Waals surface area contributed by atoms with Crippen molar-refractivity contribution in [2.24, 2.45) is 0 Å². The van der Waals surface area contributed by atoms with Gasteiger partial charge in [0.05, 0.1) is 11.9 Å². The van der Waals surface area contributed by atoms with E-state index in [4.69, 9.17) is 0 Å². The molecule has 0 spiro atoms. The lowest BCUT2D eigenvalue weighted by molar-refractivity contribution is 0.637. The molecule has 0 saturated carbocycles. The Morgan fingerprint density at radius 3 is 3.23 bits per heavy atom. The number of hydrogen-bond donors (Lipinski definition) is 3. The highest BCUT2D eigenvalue weighted by Crippen LogP contribution is 2.12. The molecule has 0 radical (unpaired) electrons. The molecule has 1 fully saturated rings. The lowest BCUT2D eigenvalue weighted by Crippen LogP contribution is -2.21. The van der Waals surface area contributed by atoms with Crippen molar-refractivity contribution in [3.8, 4) is 0 Å². The van der Waals surface area contributed by atoms with Gasteiger partial charge in [-0.1, -0.05) is 0 Å². The maximum absolute atomic E-state index is 3.91. The number of nitrogens with zero attached hydrogens (tertiary/aromatic N) is 1. The molecule has 4 heteroatoms. The Morgan fingerprint density at radius 2 is 2.38 bits per heavy atom. The Bertz CT molecular complexity index is 224. The Kier molecular flexibility index (Phi) is 2.82. The van der Waals surface area contributed by atoms with Crippen LogP contribution in [0.2, 0.25) is 0 Å². The van der Waals surface area contributed by atoms with Crippen molar-refractivity contribution in [1.82, 2.24) is 15.5 Å². The van der Waals surface area contributed by atoms with E-state index in [1.54, 1.807) is 0 Å². The summed E-state index contributed by atoms with van der Waals surface area (Å²) in [7, 11) is 0. The van der Waals surface area contributed by atoms with Crippen LogP contribution in [0.15, 0.2) is 12.4 Å². The highest BCUT2D eigenvalue weighted by molar-refractivity contribution is 5.38. The van der Waals surface area contributed by atoms with Crippen molar-refractivity contribution in [2.45, 2.75) is 25.3 Å². The average Bonchev–Trinajstić information content (AvgIpc) is 2.49. The van der Waals surface area contributed by atoms with E-state index < -0.39 is 0 Å². The zero-order valence-electron chi connectivity index (χ0n) is 7.71. The van der Waals surface area contributed by atoms with Gasteiger partial charge in [0, 0.05) is 12.2 Å². The van der Waals surface area contributed by atoms with Crippen LogP contribution in [0.25, 0.3) is 0 Å². The number of H-pyrrole nitrogens is 1. The summed E-state index contributed by atoms with van der Waals surface area (Å²) >= 11 is 0. The van der Waals surface area contributed by atoms with Crippen LogP contribution < -0.4 is 10.6 Å². The zero-order chi connectivity index (χ0) is 8.93. The quantitative estimate of drug-likeness (QED) is 0.635. The van der Waals surface area contributed by atoms with Crippen LogP contribution in [0.1, 0.15) is 19.3 Å². The molecule has 0 bridgehead atoms. The molecule has 1 atom stereocenters. The van der Waals surface area contributed by atoms with Gasteiger partial charge in [-0.2, -0.15) is 5.10 Å². The molecule has 1 aliphatic rings. The van der Waals surface area contributed by atoms with Gasteiger partial charge < -0.3 is 10.6 Å². The molecule has 0 aliphatic carbocycles. The fraction of sp³-hybridized carbons (Fsp3) is 0.667. The van der Waals surface area contributed by atoms with Crippen LogP contribution in [0.4, 0.5) is 5.69 Å². The number of aromatic nitrogens is 2. The minimum absolute atomic E-state index is 0.604. The highest BCUT2D eigenvalue weighted by atomic mass is 15.1. The van der Waals surface area contributed by atoms with E-state index in [9.17, 15) is 0 Å². The summed E-state index contributed by atoms with van der Waals surface area (Å²) < 4.78 is 0. The van der Waals surface area contributed by atoms with Crippen LogP contribution in [0, 0.1) is 0 Å². The van der Waals surface area contributed by atoms with Crippen molar-refractivity contribution in [3.05, 3.63) is 12.4 Å². The average molecular weight is 180 g/mol. The molecule has 72 valence electrons. The standard InChI is InChI=1S/C9H16N4/c1-2-8(3-5-10-4-1)13-9-6-11-12-7-9/h6-8,10,13H,1-5H2,(H,11,12). The second-order valence-electron chi connectivity index (χ2n) is 3.51. The molecule has 1 saturated heterocycles. The summed E-state index contributed by atoms with van der Waals surface area (Å²) in [5, 5.41) is 13.6. The summed E-state index contributed by atoms with van der Waals surface area (Å²) in [6.45, 7) is 2.28. The van der Waals surface area contributed by atoms with E-state index in [1.165, 1.54) is 19.3 Å². The van der Waals surface area contributed by atoms with Crippen LogP contribution in [-0.2, 0) is 0 Å². The fourth-order valence-corrected chi connectivity index (χ4v) is 1.73. The topological polar surface area (TPSA) is 52.7 Å². The predicted octanol–water partition coefficient (Wildman–Crippen LogP) is 0.964. The second-order valence-corrected chi connectivity index (χ2v) is 3.51. The van der Waals surface area contributed by atoms with Gasteiger partial charge in [0.1, 0.15) is 0 Å². The molecule has 3 N–H and O–H groups in total. The van der Waals surface area contributed by atoms with E-state index >= 15 is 0 Å². The van der Waals surface area contributed by atoms with Crippen molar-refractivity contribution in [1.29, 1.82) is 0 Å². The number of anilines is 1. The van der Waals surface area contributed by atoms with Crippen molar-refractivity contribution < 1.29 is 0 Å². The van der Waals surface area contributed by atoms with E-state index in [0.717, 1.165) is 18.8 Å². The van der Waals surface area contributed by atoms with Gasteiger partial charge in [-0.15, -0.1) is 0 Å². The van der Waals surface area contributed by atoms with Crippen LogP contribution in [0.5, 0.6) is 0 Å². The summed E-state index contributed by atoms with van der Waals surface area (Å²) in [4.78, 5) is 0. The monoisotopic (exact) mass is 180 g/mol. The van der Waals surface area contributed by atoms with Gasteiger partial charge in [0.2, 0.25) is 0 Å². The van der Waals surface area contributed by atoms with Gasteiger partial charge in [0.15, 0.2) is 0 Å². The summed E-state index contributed by atoms with van der Waals surface area (Å²) in [5.41, 5.74) is 1.10. The van der Waals surface area contributed by atoms with Crippen LogP contribution >= 0.6 is 0 Å². The lowest BCUT2D eigenvalue weighted by atomic mass is 10.1. The molecule has 0 aromatic carbocycles. The molecular formula is C9H16N4. The largest absolute Gasteiger partial charge is 0.380 e. The number of nitrogens with one attached hydrogen (secondary N) is 3. The van der Waals surface area contributed by atoms with E-state index in [-0.39, 0.29) is 0 Å². The third kappa shape index (κ3) is 2.45. The Morgan fingerprint density at radius 1 is 1.38 bits per heavy atom. The molecule has 4 nitrogen and oxygen atoms in total. The normalized spacial score (nSPS) is 23.8. The summed E-state index contributed by atoms with van der Waals surface area (Å²) in [6.07, 6.45) is 7.44. The fourth-order valence-electron chi connectivity index (χ4n) is 1.73. The molecule has 1 aromatic heterocycles. The Hall–Kier alpha value is -1.03. The van der Waals surface area contributed by atoms with Crippen molar-refractivity contribution in [2.75, 3.05) is 18.4 Å². The molecule has 1 aliphatic heterocycles. The van der Waals surface area contributed by atoms with Crippen molar-refractivity contribution >= 4 is 5.69 Å². The van der Waals surface area contributed by atoms with Gasteiger partial charge in [0.25, 0.3) is 0 Å². The first kappa shape index (κ1) is 8.56. The highest BCUT2D eigenvalue weighted by Gasteiger charge is 2.11. The molecule has 13 heavy (non-hydrogen) atoms. The van der Waals surface area contributed by atoms with Gasteiger partial charge >= 0.3 is 0 Å². The van der Waals surface area contributed by atoms with Crippen LogP contribution in [0.3, 0.4) is 0 Å². The first-order valence-electron chi connectivity index (χ1n) is 4.91. The lowest BCUT2D eigenvalue weighted by Gasteiger charge is -2.15. The zero-order valence-corrected chi connectivity index (χ0v) is 7.71. The molecule has 0 amide bonds. The first-order valence-corrected chi connectivity index (χ1v) is 4.91. The van der Waals surface area contributed by atoms with E-state index in [2.05, 4.69) is 20.8 Å². The number of hydrogen-bond acceptors (Lipinski definition) is 3. The molecule has 1 aromatic rings. The van der Waals surface area contributed by atoms with Crippen LogP contribution in [-0.4, -0.2) is 29.3 Å². The Labute approximate surface area is 78.1 Å². The minimum Gasteiger partial charge on any atom is -0.380 e. The van der Waals surface area contributed by atoms with Crippen molar-refractivity contribution in [3.63, 3.8) is 0 Å².